The summed E-state index contributed by atoms with van der Waals surface area (Å²) in [4.78, 5) is 24.5. The number of aromatic nitrogens is 1. The molecular formula is C27H17F3N2O4. The Morgan fingerprint density at radius 3 is 2.33 bits per heavy atom. The minimum absolute atomic E-state index is 0.0710. The van der Waals surface area contributed by atoms with Crippen LogP contribution in [0.1, 0.15) is 27.0 Å². The fourth-order valence-corrected chi connectivity index (χ4v) is 3.71. The van der Waals surface area contributed by atoms with Gasteiger partial charge in [-0.05, 0) is 60.2 Å². The van der Waals surface area contributed by atoms with Crippen LogP contribution >= 0.6 is 0 Å². The van der Waals surface area contributed by atoms with Crippen molar-refractivity contribution in [2.45, 2.75) is 6.18 Å². The smallest absolute Gasteiger partial charge is 0.417 e. The molecule has 0 aliphatic rings. The van der Waals surface area contributed by atoms with Gasteiger partial charge in [0.05, 0.1) is 35.4 Å². The van der Waals surface area contributed by atoms with E-state index < -0.39 is 29.1 Å². The molecule has 4 aromatic rings. The number of esters is 1. The van der Waals surface area contributed by atoms with Crippen LogP contribution in [0.4, 0.5) is 13.2 Å². The number of hydrogen-bond acceptors (Lipinski definition) is 5. The third-order valence-corrected chi connectivity index (χ3v) is 5.45. The van der Waals surface area contributed by atoms with Gasteiger partial charge in [0.2, 0.25) is 0 Å². The van der Waals surface area contributed by atoms with Crippen molar-refractivity contribution in [3.63, 3.8) is 0 Å². The molecule has 0 atom stereocenters. The molecule has 180 valence electrons. The Kier molecular flexibility index (Phi) is 6.36. The molecule has 6 nitrogen and oxygen atoms in total. The summed E-state index contributed by atoms with van der Waals surface area (Å²) in [5.74, 6) is -1.40. The second kappa shape index (κ2) is 9.43. The van der Waals surface area contributed by atoms with E-state index in [2.05, 4.69) is 11.3 Å². The van der Waals surface area contributed by atoms with Crippen molar-refractivity contribution in [3.05, 3.63) is 95.7 Å². The molecule has 0 fully saturated rings. The van der Waals surface area contributed by atoms with E-state index in [0.717, 1.165) is 30.9 Å². The molecule has 0 unspecified atom stereocenters. The number of carbonyl (C=O) groups is 2. The quantitative estimate of drug-likeness (QED) is 0.180. The lowest BCUT2D eigenvalue weighted by Crippen LogP contribution is -2.15. The van der Waals surface area contributed by atoms with Crippen LogP contribution in [0.2, 0.25) is 0 Å². The molecule has 0 aliphatic carbocycles. The number of ether oxygens (including phenoxy) is 2. The summed E-state index contributed by atoms with van der Waals surface area (Å²) in [7, 11) is 1.13. The van der Waals surface area contributed by atoms with E-state index in [9.17, 15) is 22.8 Å². The number of ketones is 1. The zero-order valence-corrected chi connectivity index (χ0v) is 18.8. The zero-order chi connectivity index (χ0) is 26.0. The van der Waals surface area contributed by atoms with Gasteiger partial charge in [-0.1, -0.05) is 18.7 Å². The van der Waals surface area contributed by atoms with Crippen molar-refractivity contribution in [2.75, 3.05) is 7.11 Å². The lowest BCUT2D eigenvalue weighted by atomic mass is 10.1. The van der Waals surface area contributed by atoms with Gasteiger partial charge in [-0.25, -0.2) is 4.79 Å². The highest BCUT2D eigenvalue weighted by Crippen LogP contribution is 2.35. The zero-order valence-electron chi connectivity index (χ0n) is 18.8. The largest absolute Gasteiger partial charge is 0.463 e. The van der Waals surface area contributed by atoms with E-state index in [1.807, 2.05) is 6.07 Å². The van der Waals surface area contributed by atoms with Gasteiger partial charge in [0, 0.05) is 17.3 Å². The first-order valence-corrected chi connectivity index (χ1v) is 10.5. The van der Waals surface area contributed by atoms with Gasteiger partial charge in [0.1, 0.15) is 11.5 Å². The number of hydrogen-bond donors (Lipinski definition) is 0. The number of methoxy groups -OCH3 is 1. The van der Waals surface area contributed by atoms with Crippen molar-refractivity contribution in [1.82, 2.24) is 4.57 Å². The van der Waals surface area contributed by atoms with Crippen molar-refractivity contribution in [3.8, 4) is 23.3 Å². The molecule has 0 bridgehead atoms. The van der Waals surface area contributed by atoms with Crippen LogP contribution in [0.15, 0.2) is 73.4 Å². The van der Waals surface area contributed by atoms with Gasteiger partial charge in [-0.2, -0.15) is 18.4 Å². The molecule has 1 heterocycles. The maximum atomic E-state index is 13.0. The Morgan fingerprint density at radius 1 is 1.03 bits per heavy atom. The van der Waals surface area contributed by atoms with E-state index >= 15 is 0 Å². The number of nitrogens with zero attached hydrogens (tertiary/aromatic N) is 2. The Balaban J connectivity index is 1.69. The predicted molar refractivity (Wildman–Crippen MR) is 126 cm³/mol. The summed E-state index contributed by atoms with van der Waals surface area (Å²) in [6.45, 7) is 3.73. The molecule has 0 radical (unpaired) electrons. The van der Waals surface area contributed by atoms with Gasteiger partial charge in [-0.15, -0.1) is 0 Å². The van der Waals surface area contributed by atoms with E-state index in [4.69, 9.17) is 10.00 Å². The molecule has 0 aliphatic heterocycles. The Hall–Kier alpha value is -4.84. The summed E-state index contributed by atoms with van der Waals surface area (Å²) in [5.41, 5.74) is 0.628. The van der Waals surface area contributed by atoms with E-state index in [1.165, 1.54) is 12.3 Å². The van der Waals surface area contributed by atoms with Crippen molar-refractivity contribution >= 4 is 28.7 Å². The molecule has 0 amide bonds. The molecule has 0 saturated carbocycles. The summed E-state index contributed by atoms with van der Waals surface area (Å²) in [6.07, 6.45) is -1.50. The summed E-state index contributed by atoms with van der Waals surface area (Å²) in [5, 5.41) is 9.62. The number of alkyl halides is 3. The average Bonchev–Trinajstić information content (AvgIpc) is 3.26. The first-order chi connectivity index (χ1) is 17.2. The molecule has 36 heavy (non-hydrogen) atoms. The topological polar surface area (TPSA) is 81.3 Å². The van der Waals surface area contributed by atoms with Crippen LogP contribution in [0.5, 0.6) is 11.5 Å². The molecule has 1 aromatic heterocycles. The number of benzene rings is 3. The highest BCUT2D eigenvalue weighted by molar-refractivity contribution is 6.43. The third kappa shape index (κ3) is 4.57. The molecule has 3 aromatic carbocycles. The van der Waals surface area contributed by atoms with Crippen LogP contribution in [0.25, 0.3) is 22.7 Å². The number of halogens is 3. The second-order valence-electron chi connectivity index (χ2n) is 7.63. The standard InChI is InChI=1S/C27H17F3N2O4/c1-3-16-4-11-24-21(12-16)22(25(33)26(34)35-2)15-32(24)18-5-7-19(8-6-18)36-20-9-10-23(27(28,29)30)17(13-20)14-31/h3-13,15H,1H2,2H3. The highest BCUT2D eigenvalue weighted by Gasteiger charge is 2.33. The third-order valence-electron chi connectivity index (χ3n) is 5.45. The van der Waals surface area contributed by atoms with E-state index in [-0.39, 0.29) is 11.3 Å². The Morgan fingerprint density at radius 2 is 1.72 bits per heavy atom. The molecule has 0 N–H and O–H groups in total. The maximum absolute atomic E-state index is 13.0. The van der Waals surface area contributed by atoms with Crippen molar-refractivity contribution < 1.29 is 32.2 Å². The van der Waals surface area contributed by atoms with Gasteiger partial charge >= 0.3 is 12.1 Å². The summed E-state index contributed by atoms with van der Waals surface area (Å²) >= 11 is 0. The average molecular weight is 490 g/mol. The lowest BCUT2D eigenvalue weighted by molar-refractivity contribution is -0.138. The number of nitriles is 1. The van der Waals surface area contributed by atoms with Crippen LogP contribution in [0, 0.1) is 11.3 Å². The summed E-state index contributed by atoms with van der Waals surface area (Å²) < 4.78 is 51.0. The normalized spacial score (nSPS) is 11.1. The molecule has 0 saturated heterocycles. The van der Waals surface area contributed by atoms with Crippen molar-refractivity contribution in [1.29, 1.82) is 5.26 Å². The fourth-order valence-electron chi connectivity index (χ4n) is 3.71. The van der Waals surface area contributed by atoms with Gasteiger partial charge in [0.25, 0.3) is 5.78 Å². The Labute approximate surface area is 203 Å². The van der Waals surface area contributed by atoms with E-state index in [1.54, 1.807) is 47.0 Å². The first kappa shape index (κ1) is 24.3. The number of rotatable bonds is 6. The maximum Gasteiger partial charge on any atom is 0.417 e. The fraction of sp³-hybridized carbons (Fsp3) is 0.0741. The molecule has 9 heteroatoms. The monoisotopic (exact) mass is 490 g/mol. The minimum atomic E-state index is -4.65. The SMILES string of the molecule is C=Cc1ccc2c(c1)c(C(=O)C(=O)OC)cn2-c1ccc(Oc2ccc(C(F)(F)F)c(C#N)c2)cc1. The van der Waals surface area contributed by atoms with Crippen LogP contribution < -0.4 is 4.74 Å². The molecule has 0 spiro atoms. The Bertz CT molecular complexity index is 1540. The number of fused-ring (bicyclic) bond motifs is 1. The highest BCUT2D eigenvalue weighted by atomic mass is 19.4. The number of carbonyl (C=O) groups excluding carboxylic acids is 2. The van der Waals surface area contributed by atoms with Crippen LogP contribution in [-0.2, 0) is 15.7 Å². The van der Waals surface area contributed by atoms with Crippen LogP contribution in [0.3, 0.4) is 0 Å². The lowest BCUT2D eigenvalue weighted by Gasteiger charge is -2.12. The minimum Gasteiger partial charge on any atom is -0.463 e. The van der Waals surface area contributed by atoms with Crippen molar-refractivity contribution in [2.24, 2.45) is 0 Å². The predicted octanol–water partition coefficient (Wildman–Crippen LogP) is 6.31. The van der Waals surface area contributed by atoms with Gasteiger partial charge < -0.3 is 14.0 Å². The summed E-state index contributed by atoms with van der Waals surface area (Å²) in [6, 6.07) is 16.4. The molecular weight excluding hydrogens is 473 g/mol. The first-order valence-electron chi connectivity index (χ1n) is 10.5. The van der Waals surface area contributed by atoms with Crippen LogP contribution in [-0.4, -0.2) is 23.4 Å². The van der Waals surface area contributed by atoms with Gasteiger partial charge in [-0.3, -0.25) is 4.79 Å². The van der Waals surface area contributed by atoms with Gasteiger partial charge in [0.15, 0.2) is 0 Å². The second-order valence-corrected chi connectivity index (χ2v) is 7.63. The number of Topliss-reactive ketones (excluding diaryl/α,β-unsaturated/α-hetero) is 1. The molecule has 4 rings (SSSR count). The van der Waals surface area contributed by atoms with E-state index in [0.29, 0.717) is 22.3 Å².